The largest absolute Gasteiger partial charge is 0.298 e. The summed E-state index contributed by atoms with van der Waals surface area (Å²) in [6.07, 6.45) is 0.896. The number of aldehydes is 1. The molecule has 0 aliphatic heterocycles. The molecule has 0 aliphatic rings. The Hall–Kier alpha value is -1.41. The predicted molar refractivity (Wildman–Crippen MR) is 63.5 cm³/mol. The predicted octanol–water partition coefficient (Wildman–Crippen LogP) is 2.24. The summed E-state index contributed by atoms with van der Waals surface area (Å²) in [5.41, 5.74) is 4.62. The van der Waals surface area contributed by atoms with Gasteiger partial charge in [0.25, 0.3) is 0 Å². The fraction of sp³-hybridized carbons (Fsp3) is 0.0833. The van der Waals surface area contributed by atoms with Crippen molar-refractivity contribution in [3.8, 4) is 0 Å². The number of benzene rings is 1. The molecule has 0 spiro atoms. The molecule has 1 nitrogen and oxygen atoms in total. The number of hydrogen-bond donors (Lipinski definition) is 0. The lowest BCUT2D eigenvalue weighted by molar-refractivity contribution is 0.112. The van der Waals surface area contributed by atoms with Gasteiger partial charge in [0, 0.05) is 5.56 Å². The molecule has 0 fully saturated rings. The highest BCUT2D eigenvalue weighted by Gasteiger charge is 2.23. The highest BCUT2D eigenvalue weighted by Crippen LogP contribution is 2.08. The SMILES string of the molecule is C=C[Si](C)(C=C)c1ccccc1C=O. The van der Waals surface area contributed by atoms with Gasteiger partial charge in [0.1, 0.15) is 14.4 Å². The van der Waals surface area contributed by atoms with E-state index in [9.17, 15) is 4.79 Å². The number of carbonyl (C=O) groups is 1. The van der Waals surface area contributed by atoms with Crippen LogP contribution in [0.15, 0.2) is 48.8 Å². The highest BCUT2D eigenvalue weighted by atomic mass is 28.3. The zero-order valence-electron chi connectivity index (χ0n) is 8.36. The van der Waals surface area contributed by atoms with Crippen molar-refractivity contribution < 1.29 is 4.79 Å². The van der Waals surface area contributed by atoms with E-state index in [-0.39, 0.29) is 0 Å². The van der Waals surface area contributed by atoms with E-state index in [0.717, 1.165) is 17.0 Å². The molecular weight excluding hydrogens is 188 g/mol. The number of rotatable bonds is 4. The molecule has 0 unspecified atom stereocenters. The molecule has 14 heavy (non-hydrogen) atoms. The van der Waals surface area contributed by atoms with Gasteiger partial charge in [0.05, 0.1) is 0 Å². The average molecular weight is 202 g/mol. The fourth-order valence-corrected chi connectivity index (χ4v) is 3.22. The molecule has 0 aromatic heterocycles. The van der Waals surface area contributed by atoms with Crippen LogP contribution in [0.5, 0.6) is 0 Å². The van der Waals surface area contributed by atoms with Crippen molar-refractivity contribution >= 4 is 19.5 Å². The van der Waals surface area contributed by atoms with Crippen molar-refractivity contribution in [1.29, 1.82) is 0 Å². The second-order valence-electron chi connectivity index (χ2n) is 3.40. The Morgan fingerprint density at radius 2 is 1.79 bits per heavy atom. The van der Waals surface area contributed by atoms with Gasteiger partial charge in [0.2, 0.25) is 0 Å². The van der Waals surface area contributed by atoms with Crippen LogP contribution in [-0.2, 0) is 0 Å². The van der Waals surface area contributed by atoms with Gasteiger partial charge in [-0.2, -0.15) is 0 Å². The molecule has 0 radical (unpaired) electrons. The van der Waals surface area contributed by atoms with Crippen molar-refractivity contribution in [1.82, 2.24) is 0 Å². The van der Waals surface area contributed by atoms with E-state index >= 15 is 0 Å². The summed E-state index contributed by atoms with van der Waals surface area (Å²) in [5.74, 6) is 0. The minimum atomic E-state index is -1.84. The number of hydrogen-bond acceptors (Lipinski definition) is 1. The molecular formula is C12H14OSi. The maximum Gasteiger partial charge on any atom is 0.149 e. The topological polar surface area (TPSA) is 17.1 Å². The molecule has 0 heterocycles. The normalized spacial score (nSPS) is 10.6. The Morgan fingerprint density at radius 3 is 2.29 bits per heavy atom. The van der Waals surface area contributed by atoms with Gasteiger partial charge >= 0.3 is 0 Å². The van der Waals surface area contributed by atoms with Gasteiger partial charge in [-0.25, -0.2) is 0 Å². The quantitative estimate of drug-likeness (QED) is 0.540. The van der Waals surface area contributed by atoms with Gasteiger partial charge in [-0.1, -0.05) is 42.2 Å². The molecule has 72 valence electrons. The first-order valence-electron chi connectivity index (χ1n) is 4.50. The summed E-state index contributed by atoms with van der Waals surface area (Å²) in [4.78, 5) is 10.9. The molecule has 0 atom stereocenters. The van der Waals surface area contributed by atoms with Crippen LogP contribution in [0.3, 0.4) is 0 Å². The van der Waals surface area contributed by atoms with E-state index < -0.39 is 8.07 Å². The van der Waals surface area contributed by atoms with Crippen molar-refractivity contribution in [2.24, 2.45) is 0 Å². The zero-order chi connectivity index (χ0) is 10.6. The summed E-state index contributed by atoms with van der Waals surface area (Å²) >= 11 is 0. The van der Waals surface area contributed by atoms with Crippen LogP contribution < -0.4 is 5.19 Å². The molecule has 2 heteroatoms. The lowest BCUT2D eigenvalue weighted by Crippen LogP contribution is -2.43. The van der Waals surface area contributed by atoms with E-state index in [1.165, 1.54) is 0 Å². The van der Waals surface area contributed by atoms with Gasteiger partial charge in [-0.3, -0.25) is 4.79 Å². The van der Waals surface area contributed by atoms with Gasteiger partial charge < -0.3 is 0 Å². The summed E-state index contributed by atoms with van der Waals surface area (Å²) in [6.45, 7) is 9.78. The third kappa shape index (κ3) is 1.75. The lowest BCUT2D eigenvalue weighted by atomic mass is 10.2. The second-order valence-corrected chi connectivity index (χ2v) is 7.32. The summed E-state index contributed by atoms with van der Waals surface area (Å²) in [5, 5.41) is 1.08. The molecule has 0 amide bonds. The summed E-state index contributed by atoms with van der Waals surface area (Å²) < 4.78 is 0. The maximum atomic E-state index is 10.9. The van der Waals surface area contributed by atoms with Crippen LogP contribution in [-0.4, -0.2) is 14.4 Å². The van der Waals surface area contributed by atoms with Crippen LogP contribution in [0.4, 0.5) is 0 Å². The van der Waals surface area contributed by atoms with E-state index in [4.69, 9.17) is 0 Å². The first-order chi connectivity index (χ1) is 6.68. The zero-order valence-corrected chi connectivity index (χ0v) is 9.36. The summed E-state index contributed by atoms with van der Waals surface area (Å²) in [7, 11) is -1.84. The van der Waals surface area contributed by atoms with Crippen molar-refractivity contribution in [3.63, 3.8) is 0 Å². The molecule has 1 aromatic rings. The van der Waals surface area contributed by atoms with E-state index in [2.05, 4.69) is 19.7 Å². The van der Waals surface area contributed by atoms with Crippen molar-refractivity contribution in [2.45, 2.75) is 6.55 Å². The molecule has 0 bridgehead atoms. The average Bonchev–Trinajstić information content (AvgIpc) is 2.28. The van der Waals surface area contributed by atoms with Gasteiger partial charge in [-0.05, 0) is 5.19 Å². The van der Waals surface area contributed by atoms with E-state index in [0.29, 0.717) is 0 Å². The molecule has 0 saturated heterocycles. The van der Waals surface area contributed by atoms with Crippen LogP contribution in [0, 0.1) is 0 Å². The molecule has 1 aromatic carbocycles. The molecule has 1 rings (SSSR count). The first-order valence-corrected chi connectivity index (χ1v) is 7.15. The Balaban J connectivity index is 3.36. The third-order valence-electron chi connectivity index (χ3n) is 2.52. The monoisotopic (exact) mass is 202 g/mol. The maximum absolute atomic E-state index is 10.9. The van der Waals surface area contributed by atoms with Crippen molar-refractivity contribution in [2.75, 3.05) is 0 Å². The lowest BCUT2D eigenvalue weighted by Gasteiger charge is -2.20. The molecule has 0 saturated carbocycles. The third-order valence-corrected chi connectivity index (χ3v) is 5.83. The van der Waals surface area contributed by atoms with Crippen molar-refractivity contribution in [3.05, 3.63) is 54.4 Å². The Bertz CT molecular complexity index is 360. The Morgan fingerprint density at radius 1 is 1.21 bits per heavy atom. The van der Waals surface area contributed by atoms with Crippen LogP contribution in [0.1, 0.15) is 10.4 Å². The molecule has 0 aliphatic carbocycles. The van der Waals surface area contributed by atoms with Gasteiger partial charge in [0.15, 0.2) is 0 Å². The van der Waals surface area contributed by atoms with E-state index in [1.807, 2.05) is 35.7 Å². The van der Waals surface area contributed by atoms with E-state index in [1.54, 1.807) is 0 Å². The standard InChI is InChI=1S/C12H14OSi/c1-4-14(3,5-2)12-9-7-6-8-11(12)10-13/h4-10H,1-2H2,3H3. The van der Waals surface area contributed by atoms with Crippen LogP contribution >= 0.6 is 0 Å². The molecule has 0 N–H and O–H groups in total. The smallest absolute Gasteiger partial charge is 0.149 e. The van der Waals surface area contributed by atoms with Crippen LogP contribution in [0.25, 0.3) is 0 Å². The minimum Gasteiger partial charge on any atom is -0.298 e. The van der Waals surface area contributed by atoms with Gasteiger partial charge in [-0.15, -0.1) is 13.2 Å². The Labute approximate surface area is 85.8 Å². The second kappa shape index (κ2) is 4.20. The summed E-state index contributed by atoms with van der Waals surface area (Å²) in [6, 6.07) is 7.63. The highest BCUT2D eigenvalue weighted by molar-refractivity contribution is 6.99. The number of carbonyl (C=O) groups excluding carboxylic acids is 1. The Kier molecular flexibility index (Phi) is 3.20. The fourth-order valence-electron chi connectivity index (χ4n) is 1.39. The van der Waals surface area contributed by atoms with Crippen LogP contribution in [0.2, 0.25) is 6.55 Å². The minimum absolute atomic E-state index is 0.751. The first kappa shape index (κ1) is 10.7.